The zero-order valence-electron chi connectivity index (χ0n) is 22.3. The number of hydrogen-bond donors (Lipinski definition) is 0. The van der Waals surface area contributed by atoms with Gasteiger partial charge >= 0.3 is 17.1 Å². The van der Waals surface area contributed by atoms with E-state index in [2.05, 4.69) is 170 Å². The standard InChI is InChI=1S/2C17H14P.CH2Cl2.ClH.Fe/c2*1-3-9-15(10-4-1)18(17-13-7-8-14-17)16-11-5-2-6-12-16;2-1-3;;/h2*1-14H;1H2;1H;/q2*-1;;;+2. The van der Waals surface area contributed by atoms with Crippen LogP contribution in [0.1, 0.15) is 0 Å². The number of hydrogen-bond acceptors (Lipinski definition) is 0. The minimum Gasteiger partial charge on any atom is -0.213 e. The van der Waals surface area contributed by atoms with E-state index in [0.717, 1.165) is 0 Å². The summed E-state index contributed by atoms with van der Waals surface area (Å²) in [5.41, 5.74) is 0. The van der Waals surface area contributed by atoms with E-state index < -0.39 is 15.8 Å². The molecule has 0 aromatic heterocycles. The van der Waals surface area contributed by atoms with Crippen LogP contribution in [0.15, 0.2) is 170 Å². The molecule has 0 saturated carbocycles. The topological polar surface area (TPSA) is 0 Å². The van der Waals surface area contributed by atoms with Crippen LogP contribution in [0, 0.1) is 0 Å². The van der Waals surface area contributed by atoms with Crippen molar-refractivity contribution in [3.05, 3.63) is 170 Å². The first-order valence-corrected chi connectivity index (χ1v) is 16.4. The normalized spacial score (nSPS) is 9.85. The molecule has 6 aromatic rings. The number of halogens is 3. The Hall–Kier alpha value is -2.17. The van der Waals surface area contributed by atoms with Crippen molar-refractivity contribution in [2.24, 2.45) is 0 Å². The van der Waals surface area contributed by atoms with Crippen LogP contribution in [0.25, 0.3) is 0 Å². The van der Waals surface area contributed by atoms with E-state index in [1.807, 2.05) is 0 Å². The summed E-state index contributed by atoms with van der Waals surface area (Å²) in [7, 11) is -0.818. The molecule has 0 aliphatic rings. The Labute approximate surface area is 273 Å². The molecule has 210 valence electrons. The average Bonchev–Trinajstić information content (AvgIpc) is 3.72. The molecule has 0 radical (unpaired) electrons. The third-order valence-corrected chi connectivity index (χ3v) is 10.8. The Bertz CT molecular complexity index is 1240. The zero-order chi connectivity index (χ0) is 27.1. The molecular formula is C35H31Cl3FeP2. The van der Waals surface area contributed by atoms with Gasteiger partial charge in [0.15, 0.2) is 0 Å². The third kappa shape index (κ3) is 10.6. The van der Waals surface area contributed by atoms with Crippen LogP contribution < -0.4 is 31.8 Å². The van der Waals surface area contributed by atoms with E-state index in [0.29, 0.717) is 0 Å². The molecule has 0 saturated heterocycles. The molecule has 0 atom stereocenters. The van der Waals surface area contributed by atoms with Gasteiger partial charge in [0.2, 0.25) is 0 Å². The number of benzene rings is 4. The molecule has 0 heterocycles. The summed E-state index contributed by atoms with van der Waals surface area (Å²) >= 11 is 9.53. The first kappa shape index (κ1) is 35.0. The molecular weight excluding hydrogens is 645 g/mol. The van der Waals surface area contributed by atoms with Crippen LogP contribution in [0.2, 0.25) is 0 Å². The predicted octanol–water partition coefficient (Wildman–Crippen LogP) is 8.17. The van der Waals surface area contributed by atoms with Crippen molar-refractivity contribution in [2.75, 3.05) is 5.34 Å². The fourth-order valence-electron chi connectivity index (χ4n) is 4.23. The van der Waals surface area contributed by atoms with Gasteiger partial charge < -0.3 is 0 Å². The van der Waals surface area contributed by atoms with E-state index in [9.17, 15) is 0 Å². The van der Waals surface area contributed by atoms with Crippen molar-refractivity contribution in [1.82, 2.24) is 0 Å². The predicted molar refractivity (Wildman–Crippen MR) is 185 cm³/mol. The van der Waals surface area contributed by atoms with Crippen molar-refractivity contribution >= 4 is 83.3 Å². The molecule has 0 bridgehead atoms. The van der Waals surface area contributed by atoms with Gasteiger partial charge in [-0.25, -0.2) is 24.3 Å². The molecule has 0 spiro atoms. The van der Waals surface area contributed by atoms with Gasteiger partial charge in [0, 0.05) is 0 Å². The van der Waals surface area contributed by atoms with E-state index in [1.54, 1.807) is 0 Å². The van der Waals surface area contributed by atoms with E-state index in [1.165, 1.54) is 31.8 Å². The van der Waals surface area contributed by atoms with Crippen LogP contribution >= 0.6 is 51.5 Å². The summed E-state index contributed by atoms with van der Waals surface area (Å²) in [6.45, 7) is 0. The molecule has 0 aliphatic heterocycles. The second kappa shape index (κ2) is 19.9. The molecule has 0 aliphatic carbocycles. The Balaban J connectivity index is 0.000000251. The van der Waals surface area contributed by atoms with Gasteiger partial charge in [-0.3, -0.25) is 0 Å². The molecule has 0 fully saturated rings. The maximum absolute atomic E-state index is 4.76. The van der Waals surface area contributed by atoms with Crippen molar-refractivity contribution < 1.29 is 17.1 Å². The summed E-state index contributed by atoms with van der Waals surface area (Å²) in [5, 5.41) is 8.66. The Morgan fingerprint density at radius 3 is 0.854 bits per heavy atom. The third-order valence-electron chi connectivity index (χ3n) is 5.86. The first-order valence-electron chi connectivity index (χ1n) is 12.7. The molecule has 0 unspecified atom stereocenters. The van der Waals surface area contributed by atoms with Crippen LogP contribution in [0.4, 0.5) is 0 Å². The molecule has 0 amide bonds. The van der Waals surface area contributed by atoms with Crippen LogP contribution in [-0.4, -0.2) is 5.34 Å². The maximum atomic E-state index is 4.76. The fraction of sp³-hybridized carbons (Fsp3) is 0.0286. The van der Waals surface area contributed by atoms with Gasteiger partial charge in [0.25, 0.3) is 0 Å². The molecule has 0 nitrogen and oxygen atoms in total. The maximum Gasteiger partial charge on any atom is 2.00 e. The average molecular weight is 676 g/mol. The van der Waals surface area contributed by atoms with Gasteiger partial charge in [-0.2, -0.15) is 24.3 Å². The van der Waals surface area contributed by atoms with Crippen molar-refractivity contribution in [3.63, 3.8) is 0 Å². The quantitative estimate of drug-likeness (QED) is 0.0724. The number of rotatable bonds is 6. The smallest absolute Gasteiger partial charge is 0.213 e. The van der Waals surface area contributed by atoms with Gasteiger partial charge in [-0.15, -0.1) is 46.2 Å². The van der Waals surface area contributed by atoms with Gasteiger partial charge in [-0.1, -0.05) is 121 Å². The van der Waals surface area contributed by atoms with Gasteiger partial charge in [0.1, 0.15) is 0 Å². The summed E-state index contributed by atoms with van der Waals surface area (Å²) in [6.07, 6.45) is 0. The Morgan fingerprint density at radius 1 is 0.415 bits per heavy atom. The van der Waals surface area contributed by atoms with Crippen LogP contribution in [-0.2, 0) is 17.1 Å². The van der Waals surface area contributed by atoms with Crippen LogP contribution in [0.5, 0.6) is 0 Å². The molecule has 6 rings (SSSR count). The second-order valence-corrected chi connectivity index (χ2v) is 13.6. The second-order valence-electron chi connectivity index (χ2n) is 8.40. The van der Waals surface area contributed by atoms with Crippen molar-refractivity contribution in [2.45, 2.75) is 0 Å². The van der Waals surface area contributed by atoms with E-state index in [4.69, 9.17) is 23.2 Å². The summed E-state index contributed by atoms with van der Waals surface area (Å²) < 4.78 is 0. The van der Waals surface area contributed by atoms with E-state index in [-0.39, 0.29) is 34.8 Å². The zero-order valence-corrected chi connectivity index (χ0v) is 27.5. The monoisotopic (exact) mass is 674 g/mol. The Kier molecular flexibility index (Phi) is 17.0. The van der Waals surface area contributed by atoms with E-state index >= 15 is 0 Å². The van der Waals surface area contributed by atoms with Crippen LogP contribution in [0.3, 0.4) is 0 Å². The first-order chi connectivity index (χ1) is 19.3. The summed E-state index contributed by atoms with van der Waals surface area (Å²) in [5.74, 6) is 0. The SMILES string of the molecule is Cl.ClCCl.[Fe+2].c1ccc(P(c2ccccc2)c2ccc[cH-]2)cc1.c1ccc(P(c2ccccc2)c2ccc[cH-]2)cc1. The minimum absolute atomic E-state index is 0. The largest absolute Gasteiger partial charge is 2.00 e. The van der Waals surface area contributed by atoms with Crippen molar-refractivity contribution in [3.8, 4) is 0 Å². The van der Waals surface area contributed by atoms with Gasteiger partial charge in [0.05, 0.1) is 5.34 Å². The summed E-state index contributed by atoms with van der Waals surface area (Å²) in [4.78, 5) is 0. The molecule has 6 aromatic carbocycles. The Morgan fingerprint density at radius 2 is 0.659 bits per heavy atom. The summed E-state index contributed by atoms with van der Waals surface area (Å²) in [6, 6.07) is 60.5. The fourth-order valence-corrected chi connectivity index (χ4v) is 8.84. The molecule has 6 heteroatoms. The number of alkyl halides is 2. The van der Waals surface area contributed by atoms with Crippen molar-refractivity contribution in [1.29, 1.82) is 0 Å². The minimum atomic E-state index is -0.409. The molecule has 0 N–H and O–H groups in total. The molecule has 41 heavy (non-hydrogen) atoms. The van der Waals surface area contributed by atoms with Gasteiger partial charge in [-0.05, 0) is 37.1 Å².